The quantitative estimate of drug-likeness (QED) is 0.298. The average molecular weight is 622 g/mol. The Kier molecular flexibility index (Phi) is 9.06. The first kappa shape index (κ1) is 30.4. The SMILES string of the molecule is Cc1cccc([C@H]2CN([C@H](CC3CC3)C(=O)O)C[C@@H]2CN2CCC(c3cnc(Cc4ccc(S(C)(=O)=O)cc4)s3)CC2)c1. The lowest BCUT2D eigenvalue weighted by atomic mass is 9.87. The van der Waals surface area contributed by atoms with Gasteiger partial charge in [-0.05, 0) is 80.3 Å². The fourth-order valence-corrected chi connectivity index (χ4v) is 8.81. The number of benzene rings is 2. The van der Waals surface area contributed by atoms with E-state index in [9.17, 15) is 18.3 Å². The Morgan fingerprint density at radius 1 is 1.07 bits per heavy atom. The third-order valence-electron chi connectivity index (χ3n) is 9.68. The van der Waals surface area contributed by atoms with E-state index < -0.39 is 15.8 Å². The lowest BCUT2D eigenvalue weighted by Gasteiger charge is -2.34. The van der Waals surface area contributed by atoms with Gasteiger partial charge in [-0.2, -0.15) is 0 Å². The number of sulfone groups is 1. The Balaban J connectivity index is 1.07. The smallest absolute Gasteiger partial charge is 0.320 e. The van der Waals surface area contributed by atoms with Crippen LogP contribution in [0.4, 0.5) is 0 Å². The maximum atomic E-state index is 12.3. The lowest BCUT2D eigenvalue weighted by Crippen LogP contribution is -2.41. The van der Waals surface area contributed by atoms with E-state index >= 15 is 0 Å². The molecule has 3 aliphatic rings. The van der Waals surface area contributed by atoms with Crippen LogP contribution in [0.15, 0.2) is 59.6 Å². The summed E-state index contributed by atoms with van der Waals surface area (Å²) in [7, 11) is -3.19. The van der Waals surface area contributed by atoms with Gasteiger partial charge in [-0.1, -0.05) is 54.8 Å². The van der Waals surface area contributed by atoms with E-state index in [4.69, 9.17) is 4.98 Å². The van der Waals surface area contributed by atoms with Crippen LogP contribution in [0.3, 0.4) is 0 Å². The number of aliphatic carboxylic acids is 1. The zero-order chi connectivity index (χ0) is 30.1. The third kappa shape index (κ3) is 7.56. The van der Waals surface area contributed by atoms with Gasteiger partial charge in [0, 0.05) is 49.3 Å². The van der Waals surface area contributed by atoms with Crippen molar-refractivity contribution < 1.29 is 18.3 Å². The first-order chi connectivity index (χ1) is 20.6. The summed E-state index contributed by atoms with van der Waals surface area (Å²) in [6.07, 6.45) is 9.34. The van der Waals surface area contributed by atoms with Gasteiger partial charge in [-0.3, -0.25) is 9.69 Å². The van der Waals surface area contributed by atoms with Gasteiger partial charge in [0.2, 0.25) is 0 Å². The molecule has 9 heteroatoms. The number of hydrogen-bond acceptors (Lipinski definition) is 7. The van der Waals surface area contributed by atoms with Crippen LogP contribution in [0.1, 0.15) is 70.5 Å². The number of aromatic nitrogens is 1. The number of carbonyl (C=O) groups is 1. The summed E-state index contributed by atoms with van der Waals surface area (Å²) < 4.78 is 23.5. The van der Waals surface area contributed by atoms with Gasteiger partial charge in [0.1, 0.15) is 6.04 Å². The van der Waals surface area contributed by atoms with E-state index in [1.807, 2.05) is 18.3 Å². The molecule has 2 aromatic carbocycles. The molecule has 0 radical (unpaired) electrons. The molecule has 230 valence electrons. The van der Waals surface area contributed by atoms with E-state index in [0.29, 0.717) is 35.0 Å². The van der Waals surface area contributed by atoms with E-state index in [1.165, 1.54) is 35.1 Å². The molecule has 2 saturated heterocycles. The van der Waals surface area contributed by atoms with Crippen molar-refractivity contribution in [3.8, 4) is 0 Å². The summed E-state index contributed by atoms with van der Waals surface area (Å²) in [5, 5.41) is 11.2. The Hall–Kier alpha value is -2.59. The van der Waals surface area contributed by atoms with Crippen molar-refractivity contribution in [1.29, 1.82) is 0 Å². The molecule has 0 amide bonds. The zero-order valence-corrected chi connectivity index (χ0v) is 26.8. The average Bonchev–Trinajstić information content (AvgIpc) is 3.52. The van der Waals surface area contributed by atoms with Gasteiger partial charge in [-0.15, -0.1) is 11.3 Å². The molecule has 0 spiro atoms. The van der Waals surface area contributed by atoms with Crippen molar-refractivity contribution in [2.75, 3.05) is 39.0 Å². The van der Waals surface area contributed by atoms with Crippen LogP contribution in [0.5, 0.6) is 0 Å². The van der Waals surface area contributed by atoms with Crippen molar-refractivity contribution in [3.05, 3.63) is 81.3 Å². The highest BCUT2D eigenvalue weighted by Crippen LogP contribution is 2.40. The van der Waals surface area contributed by atoms with Crippen LogP contribution in [0.25, 0.3) is 0 Å². The Morgan fingerprint density at radius 2 is 1.81 bits per heavy atom. The summed E-state index contributed by atoms with van der Waals surface area (Å²) in [5.41, 5.74) is 3.68. The topological polar surface area (TPSA) is 90.8 Å². The number of carboxylic acids is 1. The molecule has 0 unspecified atom stereocenters. The van der Waals surface area contributed by atoms with Gasteiger partial charge in [0.05, 0.1) is 9.90 Å². The Morgan fingerprint density at radius 3 is 2.47 bits per heavy atom. The lowest BCUT2D eigenvalue weighted by molar-refractivity contribution is -0.143. The Bertz CT molecular complexity index is 1520. The summed E-state index contributed by atoms with van der Waals surface area (Å²) >= 11 is 1.78. The fraction of sp³-hybridized carbons (Fsp3) is 0.529. The number of likely N-dealkylation sites (tertiary alicyclic amines) is 2. The molecular weight excluding hydrogens is 579 g/mol. The maximum absolute atomic E-state index is 12.3. The van der Waals surface area contributed by atoms with E-state index in [0.717, 1.165) is 62.6 Å². The molecule has 6 rings (SSSR count). The molecule has 3 fully saturated rings. The van der Waals surface area contributed by atoms with Crippen molar-refractivity contribution in [2.24, 2.45) is 11.8 Å². The predicted molar refractivity (Wildman–Crippen MR) is 171 cm³/mol. The summed E-state index contributed by atoms with van der Waals surface area (Å²) in [6.45, 7) is 6.93. The highest BCUT2D eigenvalue weighted by Gasteiger charge is 2.42. The van der Waals surface area contributed by atoms with Crippen molar-refractivity contribution in [1.82, 2.24) is 14.8 Å². The molecule has 3 aromatic rings. The standard InChI is InChI=1S/C34H43N3O4S2/c1-23-4-3-5-27(16-23)30-22-37(31(34(38)39)17-24-6-7-24)21-28(30)20-36-14-12-26(13-15-36)32-19-35-33(42-32)18-25-8-10-29(11-9-25)43(2,40)41/h3-5,8-11,16,19,24,26,28,30-31H,6-7,12-15,17-18,20-22H2,1-2H3,(H,38,39)/t28-,30+,31+/m0/s1. The molecular formula is C34H43N3O4S2. The van der Waals surface area contributed by atoms with Gasteiger partial charge in [0.25, 0.3) is 0 Å². The number of aryl methyl sites for hydroxylation is 1. The number of nitrogens with zero attached hydrogens (tertiary/aromatic N) is 3. The molecule has 1 saturated carbocycles. The van der Waals surface area contributed by atoms with Crippen molar-refractivity contribution in [2.45, 2.75) is 68.2 Å². The van der Waals surface area contributed by atoms with E-state index in [1.54, 1.807) is 23.5 Å². The molecule has 3 heterocycles. The molecule has 1 aromatic heterocycles. The van der Waals surface area contributed by atoms with Gasteiger partial charge >= 0.3 is 5.97 Å². The minimum absolute atomic E-state index is 0.346. The Labute approximate surface area is 259 Å². The number of rotatable bonds is 11. The summed E-state index contributed by atoms with van der Waals surface area (Å²) in [6, 6.07) is 15.6. The van der Waals surface area contributed by atoms with E-state index in [-0.39, 0.29) is 6.04 Å². The first-order valence-electron chi connectivity index (χ1n) is 15.6. The highest BCUT2D eigenvalue weighted by atomic mass is 32.2. The minimum atomic E-state index is -3.19. The second-order valence-corrected chi connectivity index (χ2v) is 16.3. The number of piperidine rings is 1. The van der Waals surface area contributed by atoms with Crippen LogP contribution in [-0.2, 0) is 21.1 Å². The third-order valence-corrected chi connectivity index (χ3v) is 12.0. The van der Waals surface area contributed by atoms with Gasteiger partial charge in [-0.25, -0.2) is 13.4 Å². The highest BCUT2D eigenvalue weighted by molar-refractivity contribution is 7.90. The normalized spacial score (nSPS) is 23.0. The molecule has 2 aliphatic heterocycles. The van der Waals surface area contributed by atoms with Crippen LogP contribution >= 0.6 is 11.3 Å². The molecule has 7 nitrogen and oxygen atoms in total. The fourth-order valence-electron chi connectivity index (χ4n) is 7.05. The molecule has 1 aliphatic carbocycles. The molecule has 3 atom stereocenters. The summed E-state index contributed by atoms with van der Waals surface area (Å²) in [5.74, 6) is 1.21. The van der Waals surface area contributed by atoms with Crippen LogP contribution in [-0.4, -0.2) is 79.3 Å². The maximum Gasteiger partial charge on any atom is 0.320 e. The van der Waals surface area contributed by atoms with Gasteiger partial charge < -0.3 is 10.0 Å². The van der Waals surface area contributed by atoms with Crippen LogP contribution in [0.2, 0.25) is 0 Å². The first-order valence-corrected chi connectivity index (χ1v) is 18.3. The second-order valence-electron chi connectivity index (χ2n) is 13.1. The molecule has 1 N–H and O–H groups in total. The number of hydrogen-bond donors (Lipinski definition) is 1. The van der Waals surface area contributed by atoms with Crippen molar-refractivity contribution >= 4 is 27.1 Å². The predicted octanol–water partition coefficient (Wildman–Crippen LogP) is 5.59. The molecule has 0 bridgehead atoms. The monoisotopic (exact) mass is 621 g/mol. The second kappa shape index (κ2) is 12.8. The number of thiazole rings is 1. The largest absolute Gasteiger partial charge is 0.480 e. The molecule has 43 heavy (non-hydrogen) atoms. The summed E-state index contributed by atoms with van der Waals surface area (Å²) in [4.78, 5) is 23.6. The zero-order valence-electron chi connectivity index (χ0n) is 25.2. The minimum Gasteiger partial charge on any atom is -0.480 e. The van der Waals surface area contributed by atoms with Crippen LogP contribution in [0, 0.1) is 18.8 Å². The van der Waals surface area contributed by atoms with E-state index in [2.05, 4.69) is 41.0 Å². The number of carboxylic acid groups (broad SMARTS) is 1. The van der Waals surface area contributed by atoms with Gasteiger partial charge in [0.15, 0.2) is 9.84 Å². The van der Waals surface area contributed by atoms with Crippen molar-refractivity contribution in [3.63, 3.8) is 0 Å². The van der Waals surface area contributed by atoms with Crippen LogP contribution < -0.4 is 0 Å².